The monoisotopic (exact) mass is 336 g/mol. The van der Waals surface area contributed by atoms with Crippen molar-refractivity contribution in [2.24, 2.45) is 11.7 Å². The molecule has 2 N–H and O–H groups in total. The number of halogens is 1. The lowest BCUT2D eigenvalue weighted by Gasteiger charge is -2.30. The molecule has 5 heteroatoms. The Morgan fingerprint density at radius 2 is 1.85 bits per heavy atom. The van der Waals surface area contributed by atoms with E-state index in [1.165, 1.54) is 4.90 Å². The van der Waals surface area contributed by atoms with Crippen molar-refractivity contribution >= 4 is 27.7 Å². The molecule has 0 aromatic heterocycles. The van der Waals surface area contributed by atoms with E-state index in [1.807, 2.05) is 0 Å². The largest absolute Gasteiger partial charge is 0.328 e. The molecule has 106 valence electrons. The molecule has 1 atom stereocenters. The minimum absolute atomic E-state index is 0.163. The Labute approximate surface area is 126 Å². The first-order chi connectivity index (χ1) is 9.63. The molecule has 0 radical (unpaired) electrons. The number of benzene rings is 1. The van der Waals surface area contributed by atoms with E-state index in [0.29, 0.717) is 23.6 Å². The SMILES string of the molecule is NCC(C1CCCC1)N1C(=O)c2ccc(Br)cc2C1=O. The third kappa shape index (κ3) is 2.09. The van der Waals surface area contributed by atoms with E-state index in [4.69, 9.17) is 5.73 Å². The third-order valence-electron chi connectivity index (χ3n) is 4.40. The summed E-state index contributed by atoms with van der Waals surface area (Å²) in [5.74, 6) is -0.0425. The van der Waals surface area contributed by atoms with E-state index in [0.717, 1.165) is 30.2 Å². The molecule has 0 spiro atoms. The average molecular weight is 337 g/mol. The number of carbonyl (C=O) groups is 2. The smallest absolute Gasteiger partial charge is 0.261 e. The van der Waals surface area contributed by atoms with Crippen molar-refractivity contribution in [1.29, 1.82) is 0 Å². The summed E-state index contributed by atoms with van der Waals surface area (Å²) >= 11 is 3.35. The predicted molar refractivity (Wildman–Crippen MR) is 79.4 cm³/mol. The quantitative estimate of drug-likeness (QED) is 0.863. The van der Waals surface area contributed by atoms with Crippen LogP contribution in [0.25, 0.3) is 0 Å². The number of imide groups is 1. The first kappa shape index (κ1) is 13.8. The van der Waals surface area contributed by atoms with Gasteiger partial charge in [0.05, 0.1) is 17.2 Å². The fourth-order valence-electron chi connectivity index (χ4n) is 3.38. The second-order valence-corrected chi connectivity index (χ2v) is 6.43. The van der Waals surface area contributed by atoms with Crippen LogP contribution in [0, 0.1) is 5.92 Å². The van der Waals surface area contributed by atoms with Crippen molar-refractivity contribution in [2.75, 3.05) is 6.54 Å². The summed E-state index contributed by atoms with van der Waals surface area (Å²) in [6, 6.07) is 5.06. The van der Waals surface area contributed by atoms with Crippen LogP contribution >= 0.6 is 15.9 Å². The van der Waals surface area contributed by atoms with Crippen LogP contribution in [0.1, 0.15) is 46.4 Å². The second kappa shape index (κ2) is 5.30. The molecule has 1 aliphatic carbocycles. The standard InChI is InChI=1S/C15H17BrN2O2/c16-10-5-6-11-12(7-10)15(20)18(14(11)19)13(8-17)9-3-1-2-4-9/h5-7,9,13H,1-4,8,17H2. The van der Waals surface area contributed by atoms with Gasteiger partial charge in [0.15, 0.2) is 0 Å². The number of amides is 2. The molecule has 1 fully saturated rings. The minimum atomic E-state index is -0.200. The number of rotatable bonds is 3. The zero-order valence-corrected chi connectivity index (χ0v) is 12.7. The Kier molecular flexibility index (Phi) is 3.65. The molecule has 1 unspecified atom stereocenters. The summed E-state index contributed by atoms with van der Waals surface area (Å²) < 4.78 is 0.810. The summed E-state index contributed by atoms with van der Waals surface area (Å²) in [7, 11) is 0. The molecule has 1 saturated carbocycles. The summed E-state index contributed by atoms with van der Waals surface area (Å²) in [4.78, 5) is 26.5. The van der Waals surface area contributed by atoms with E-state index in [1.54, 1.807) is 18.2 Å². The highest BCUT2D eigenvalue weighted by Crippen LogP contribution is 2.34. The molecule has 2 amide bonds. The van der Waals surface area contributed by atoms with Gasteiger partial charge in [0.25, 0.3) is 11.8 Å². The molecular formula is C15H17BrN2O2. The van der Waals surface area contributed by atoms with E-state index in [-0.39, 0.29) is 17.9 Å². The number of nitrogens with two attached hydrogens (primary N) is 1. The summed E-state index contributed by atoms with van der Waals surface area (Å²) in [5, 5.41) is 0. The molecule has 1 aromatic carbocycles. The number of hydrogen-bond acceptors (Lipinski definition) is 3. The molecule has 2 aliphatic rings. The first-order valence-corrected chi connectivity index (χ1v) is 7.80. The number of carbonyl (C=O) groups excluding carboxylic acids is 2. The van der Waals surface area contributed by atoms with Crippen molar-refractivity contribution < 1.29 is 9.59 Å². The zero-order chi connectivity index (χ0) is 14.3. The lowest BCUT2D eigenvalue weighted by molar-refractivity contribution is 0.0535. The average Bonchev–Trinajstić information content (AvgIpc) is 3.03. The molecule has 1 heterocycles. The maximum absolute atomic E-state index is 12.5. The van der Waals surface area contributed by atoms with Crippen LogP contribution in [0.3, 0.4) is 0 Å². The third-order valence-corrected chi connectivity index (χ3v) is 4.89. The predicted octanol–water partition coefficient (Wildman–Crippen LogP) is 2.56. The fourth-order valence-corrected chi connectivity index (χ4v) is 3.74. The van der Waals surface area contributed by atoms with Crippen molar-refractivity contribution in [1.82, 2.24) is 4.90 Å². The number of fused-ring (bicyclic) bond motifs is 1. The van der Waals surface area contributed by atoms with Crippen LogP contribution in [0.2, 0.25) is 0 Å². The van der Waals surface area contributed by atoms with Crippen LogP contribution in [-0.2, 0) is 0 Å². The van der Waals surface area contributed by atoms with E-state index < -0.39 is 0 Å². The lowest BCUT2D eigenvalue weighted by atomic mass is 9.96. The lowest BCUT2D eigenvalue weighted by Crippen LogP contribution is -2.48. The van der Waals surface area contributed by atoms with Gasteiger partial charge in [-0.15, -0.1) is 0 Å². The van der Waals surface area contributed by atoms with Gasteiger partial charge in [0.1, 0.15) is 0 Å². The summed E-state index contributed by atoms with van der Waals surface area (Å²) in [6.07, 6.45) is 4.43. The van der Waals surface area contributed by atoms with E-state index in [9.17, 15) is 9.59 Å². The molecule has 1 aromatic rings. The molecule has 0 saturated heterocycles. The molecular weight excluding hydrogens is 320 g/mol. The first-order valence-electron chi connectivity index (χ1n) is 7.01. The van der Waals surface area contributed by atoms with Gasteiger partial charge in [-0.25, -0.2) is 0 Å². The van der Waals surface area contributed by atoms with Crippen LogP contribution < -0.4 is 5.73 Å². The highest BCUT2D eigenvalue weighted by Gasteiger charge is 2.42. The molecule has 0 bridgehead atoms. The van der Waals surface area contributed by atoms with Crippen LogP contribution in [0.5, 0.6) is 0 Å². The molecule has 4 nitrogen and oxygen atoms in total. The Morgan fingerprint density at radius 3 is 2.50 bits per heavy atom. The fraction of sp³-hybridized carbons (Fsp3) is 0.467. The van der Waals surface area contributed by atoms with Crippen LogP contribution in [0.4, 0.5) is 0 Å². The van der Waals surface area contributed by atoms with Gasteiger partial charge in [-0.1, -0.05) is 28.8 Å². The van der Waals surface area contributed by atoms with Gasteiger partial charge in [0, 0.05) is 11.0 Å². The Morgan fingerprint density at radius 1 is 1.20 bits per heavy atom. The van der Waals surface area contributed by atoms with Gasteiger partial charge < -0.3 is 5.73 Å². The van der Waals surface area contributed by atoms with E-state index in [2.05, 4.69) is 15.9 Å². The number of hydrogen-bond donors (Lipinski definition) is 1. The highest BCUT2D eigenvalue weighted by atomic mass is 79.9. The zero-order valence-electron chi connectivity index (χ0n) is 11.1. The van der Waals surface area contributed by atoms with E-state index >= 15 is 0 Å². The normalized spacial score (nSPS) is 20.6. The summed E-state index contributed by atoms with van der Waals surface area (Å²) in [6.45, 7) is 0.345. The Hall–Kier alpha value is -1.20. The molecule has 3 rings (SSSR count). The van der Waals surface area contributed by atoms with Crippen molar-refractivity contribution in [3.63, 3.8) is 0 Å². The van der Waals surface area contributed by atoms with Crippen molar-refractivity contribution in [2.45, 2.75) is 31.7 Å². The second-order valence-electron chi connectivity index (χ2n) is 5.52. The Balaban J connectivity index is 1.95. The highest BCUT2D eigenvalue weighted by molar-refractivity contribution is 9.10. The van der Waals surface area contributed by atoms with Crippen LogP contribution in [0.15, 0.2) is 22.7 Å². The van der Waals surface area contributed by atoms with Crippen LogP contribution in [-0.4, -0.2) is 29.3 Å². The van der Waals surface area contributed by atoms with Gasteiger partial charge in [-0.05, 0) is 37.0 Å². The van der Waals surface area contributed by atoms with Gasteiger partial charge in [0.2, 0.25) is 0 Å². The topological polar surface area (TPSA) is 63.4 Å². The van der Waals surface area contributed by atoms with Crippen molar-refractivity contribution in [3.05, 3.63) is 33.8 Å². The van der Waals surface area contributed by atoms with Gasteiger partial charge >= 0.3 is 0 Å². The maximum Gasteiger partial charge on any atom is 0.261 e. The summed E-state index contributed by atoms with van der Waals surface area (Å²) in [5.41, 5.74) is 6.85. The van der Waals surface area contributed by atoms with Crippen molar-refractivity contribution in [3.8, 4) is 0 Å². The van der Waals surface area contributed by atoms with Gasteiger partial charge in [-0.3, -0.25) is 14.5 Å². The Bertz CT molecular complexity index is 567. The van der Waals surface area contributed by atoms with Gasteiger partial charge in [-0.2, -0.15) is 0 Å². The maximum atomic E-state index is 12.5. The number of nitrogens with zero attached hydrogens (tertiary/aromatic N) is 1. The molecule has 20 heavy (non-hydrogen) atoms. The molecule has 1 aliphatic heterocycles. The minimum Gasteiger partial charge on any atom is -0.328 e.